The van der Waals surface area contributed by atoms with Gasteiger partial charge in [-0.2, -0.15) is 0 Å². The van der Waals surface area contributed by atoms with Crippen LogP contribution in [0.5, 0.6) is 5.75 Å². The highest BCUT2D eigenvalue weighted by atomic mass is 16.3. The molecule has 1 saturated carbocycles. The molecule has 1 aliphatic carbocycles. The number of piperidine rings is 1. The zero-order valence-electron chi connectivity index (χ0n) is 10.4. The number of hydrogen-bond acceptors (Lipinski definition) is 3. The molecule has 1 saturated heterocycles. The first-order valence-electron chi connectivity index (χ1n) is 6.67. The Morgan fingerprint density at radius 2 is 2.06 bits per heavy atom. The average molecular weight is 246 g/mol. The number of hydrogen-bond donors (Lipinski definition) is 1. The number of fused-ring (bicyclic) bond motifs is 2. The maximum absolute atomic E-state index is 12.4. The Morgan fingerprint density at radius 1 is 1.33 bits per heavy atom. The molecule has 2 bridgehead atoms. The standard InChI is InChI=1S/C14H18N2O2/c17-12-5-2-6-15-13(12)14(18)16-8-10-3-1-4-11(7-10)9-16/h2,5-6,10-11,17H,1,3-4,7-9H2. The zero-order valence-corrected chi connectivity index (χ0v) is 10.4. The van der Waals surface area contributed by atoms with Crippen LogP contribution in [-0.4, -0.2) is 34.0 Å². The van der Waals surface area contributed by atoms with Crippen molar-refractivity contribution in [1.82, 2.24) is 9.88 Å². The van der Waals surface area contributed by atoms with Crippen molar-refractivity contribution in [2.24, 2.45) is 11.8 Å². The molecule has 0 aromatic carbocycles. The lowest BCUT2D eigenvalue weighted by Gasteiger charge is -2.41. The van der Waals surface area contributed by atoms with Crippen LogP contribution in [0.15, 0.2) is 18.3 Å². The van der Waals surface area contributed by atoms with Gasteiger partial charge in [0.2, 0.25) is 0 Å². The molecule has 1 aromatic heterocycles. The van der Waals surface area contributed by atoms with E-state index in [9.17, 15) is 9.90 Å². The molecule has 4 heteroatoms. The summed E-state index contributed by atoms with van der Waals surface area (Å²) in [6, 6.07) is 3.15. The first kappa shape index (κ1) is 11.5. The summed E-state index contributed by atoms with van der Waals surface area (Å²) < 4.78 is 0. The van der Waals surface area contributed by atoms with E-state index in [-0.39, 0.29) is 17.4 Å². The lowest BCUT2D eigenvalue weighted by atomic mass is 9.78. The maximum Gasteiger partial charge on any atom is 0.276 e. The van der Waals surface area contributed by atoms with Gasteiger partial charge in [0.1, 0.15) is 5.75 Å². The summed E-state index contributed by atoms with van der Waals surface area (Å²) in [6.45, 7) is 1.65. The second-order valence-corrected chi connectivity index (χ2v) is 5.48. The molecule has 0 spiro atoms. The van der Waals surface area contributed by atoms with Crippen molar-refractivity contribution in [2.75, 3.05) is 13.1 Å². The highest BCUT2D eigenvalue weighted by Crippen LogP contribution is 2.35. The summed E-state index contributed by atoms with van der Waals surface area (Å²) in [5.74, 6) is 1.16. The summed E-state index contributed by atoms with van der Waals surface area (Å²) >= 11 is 0. The van der Waals surface area contributed by atoms with Crippen molar-refractivity contribution < 1.29 is 9.90 Å². The van der Waals surface area contributed by atoms with Crippen LogP contribution in [0, 0.1) is 11.8 Å². The molecule has 4 nitrogen and oxygen atoms in total. The van der Waals surface area contributed by atoms with Crippen LogP contribution in [0.25, 0.3) is 0 Å². The Bertz CT molecular complexity index is 449. The van der Waals surface area contributed by atoms with E-state index >= 15 is 0 Å². The SMILES string of the molecule is O=C(c1ncccc1O)N1CC2CCCC(C2)C1. The Morgan fingerprint density at radius 3 is 2.72 bits per heavy atom. The fourth-order valence-corrected chi connectivity index (χ4v) is 3.31. The van der Waals surface area contributed by atoms with Crippen LogP contribution in [0.2, 0.25) is 0 Å². The maximum atomic E-state index is 12.4. The molecule has 1 aliphatic heterocycles. The van der Waals surface area contributed by atoms with Crippen LogP contribution < -0.4 is 0 Å². The Balaban J connectivity index is 1.79. The molecule has 1 N–H and O–H groups in total. The minimum absolute atomic E-state index is 0.0155. The van der Waals surface area contributed by atoms with Crippen LogP contribution in [0.3, 0.4) is 0 Å². The molecule has 3 rings (SSSR count). The van der Waals surface area contributed by atoms with E-state index in [2.05, 4.69) is 4.98 Å². The van der Waals surface area contributed by atoms with Crippen molar-refractivity contribution in [3.63, 3.8) is 0 Å². The van der Waals surface area contributed by atoms with Crippen molar-refractivity contribution in [1.29, 1.82) is 0 Å². The number of rotatable bonds is 1. The molecule has 2 unspecified atom stereocenters. The molecular weight excluding hydrogens is 228 g/mol. The normalized spacial score (nSPS) is 27.0. The molecule has 96 valence electrons. The Labute approximate surface area is 107 Å². The smallest absolute Gasteiger partial charge is 0.276 e. The van der Waals surface area contributed by atoms with Crippen molar-refractivity contribution in [2.45, 2.75) is 25.7 Å². The molecule has 2 heterocycles. The van der Waals surface area contributed by atoms with Crippen LogP contribution in [-0.2, 0) is 0 Å². The van der Waals surface area contributed by atoms with E-state index in [1.165, 1.54) is 31.7 Å². The summed E-state index contributed by atoms with van der Waals surface area (Å²) in [7, 11) is 0. The van der Waals surface area contributed by atoms with Gasteiger partial charge in [0.05, 0.1) is 0 Å². The number of aromatic hydroxyl groups is 1. The second kappa shape index (κ2) is 4.59. The van der Waals surface area contributed by atoms with Gasteiger partial charge in [0, 0.05) is 19.3 Å². The Kier molecular flexibility index (Phi) is 2.94. The molecule has 2 aliphatic rings. The minimum atomic E-state index is -0.121. The summed E-state index contributed by atoms with van der Waals surface area (Å²) in [5, 5.41) is 9.70. The number of amides is 1. The van der Waals surface area contributed by atoms with Gasteiger partial charge in [0.25, 0.3) is 5.91 Å². The molecule has 18 heavy (non-hydrogen) atoms. The van der Waals surface area contributed by atoms with E-state index in [1.807, 2.05) is 4.90 Å². The fourth-order valence-electron chi connectivity index (χ4n) is 3.31. The Hall–Kier alpha value is -1.58. The third-order valence-corrected chi connectivity index (χ3v) is 4.12. The van der Waals surface area contributed by atoms with Gasteiger partial charge in [0.15, 0.2) is 5.69 Å². The average Bonchev–Trinajstić information content (AvgIpc) is 2.38. The number of carbonyl (C=O) groups excluding carboxylic acids is 1. The molecule has 2 atom stereocenters. The van der Waals surface area contributed by atoms with E-state index in [0.29, 0.717) is 11.8 Å². The molecule has 1 aromatic rings. The topological polar surface area (TPSA) is 53.4 Å². The quantitative estimate of drug-likeness (QED) is 0.825. The third kappa shape index (κ3) is 2.07. The van der Waals surface area contributed by atoms with Gasteiger partial charge in [-0.05, 0) is 43.2 Å². The monoisotopic (exact) mass is 246 g/mol. The molecule has 2 fully saturated rings. The van der Waals surface area contributed by atoms with E-state index in [1.54, 1.807) is 12.3 Å². The summed E-state index contributed by atoms with van der Waals surface area (Å²) in [5.41, 5.74) is 0.192. The van der Waals surface area contributed by atoms with Gasteiger partial charge >= 0.3 is 0 Å². The molecular formula is C14H18N2O2. The fraction of sp³-hybridized carbons (Fsp3) is 0.571. The van der Waals surface area contributed by atoms with E-state index < -0.39 is 0 Å². The van der Waals surface area contributed by atoms with Gasteiger partial charge in [-0.15, -0.1) is 0 Å². The van der Waals surface area contributed by atoms with Crippen molar-refractivity contribution in [3.05, 3.63) is 24.0 Å². The molecule has 0 radical (unpaired) electrons. The van der Waals surface area contributed by atoms with Crippen LogP contribution in [0.4, 0.5) is 0 Å². The third-order valence-electron chi connectivity index (χ3n) is 4.12. The predicted molar refractivity (Wildman–Crippen MR) is 67.3 cm³/mol. The lowest BCUT2D eigenvalue weighted by molar-refractivity contribution is 0.0496. The first-order chi connectivity index (χ1) is 8.74. The van der Waals surface area contributed by atoms with Gasteiger partial charge in [-0.3, -0.25) is 4.79 Å². The first-order valence-corrected chi connectivity index (χ1v) is 6.67. The number of likely N-dealkylation sites (tertiary alicyclic amines) is 1. The van der Waals surface area contributed by atoms with E-state index in [4.69, 9.17) is 0 Å². The van der Waals surface area contributed by atoms with Crippen LogP contribution >= 0.6 is 0 Å². The predicted octanol–water partition coefficient (Wildman–Crippen LogP) is 2.05. The summed E-state index contributed by atoms with van der Waals surface area (Å²) in [6.07, 6.45) is 6.57. The highest BCUT2D eigenvalue weighted by Gasteiger charge is 2.33. The minimum Gasteiger partial charge on any atom is -0.505 e. The van der Waals surface area contributed by atoms with Crippen molar-refractivity contribution in [3.8, 4) is 5.75 Å². The zero-order chi connectivity index (χ0) is 12.5. The highest BCUT2D eigenvalue weighted by molar-refractivity contribution is 5.94. The van der Waals surface area contributed by atoms with Gasteiger partial charge in [-0.25, -0.2) is 4.98 Å². The van der Waals surface area contributed by atoms with Gasteiger partial charge < -0.3 is 10.0 Å². The largest absolute Gasteiger partial charge is 0.505 e. The number of aromatic nitrogens is 1. The lowest BCUT2D eigenvalue weighted by Crippen LogP contribution is -2.45. The number of nitrogens with zero attached hydrogens (tertiary/aromatic N) is 2. The summed E-state index contributed by atoms with van der Waals surface area (Å²) in [4.78, 5) is 18.2. The number of carbonyl (C=O) groups is 1. The van der Waals surface area contributed by atoms with E-state index in [0.717, 1.165) is 13.1 Å². The number of pyridine rings is 1. The van der Waals surface area contributed by atoms with Gasteiger partial charge in [-0.1, -0.05) is 6.42 Å². The molecule has 1 amide bonds. The second-order valence-electron chi connectivity index (χ2n) is 5.48. The van der Waals surface area contributed by atoms with Crippen LogP contribution in [0.1, 0.15) is 36.2 Å². The van der Waals surface area contributed by atoms with Crippen molar-refractivity contribution >= 4 is 5.91 Å².